The van der Waals surface area contributed by atoms with E-state index in [0.29, 0.717) is 5.57 Å². The van der Waals surface area contributed by atoms with Gasteiger partial charge in [-0.3, -0.25) is 9.59 Å². The van der Waals surface area contributed by atoms with Gasteiger partial charge >= 0.3 is 5.97 Å². The molecule has 0 aliphatic carbocycles. The predicted octanol–water partition coefficient (Wildman–Crippen LogP) is 3.82. The lowest BCUT2D eigenvalue weighted by atomic mass is 9.86. The second kappa shape index (κ2) is 6.04. The van der Waals surface area contributed by atoms with Crippen molar-refractivity contribution >= 4 is 17.3 Å². The molecule has 108 valence electrons. The van der Waals surface area contributed by atoms with Crippen molar-refractivity contribution in [3.05, 3.63) is 41.0 Å². The summed E-state index contributed by atoms with van der Waals surface area (Å²) in [5.74, 6) is -1.18. The number of hydrogen-bond acceptors (Lipinski definition) is 2. The smallest absolute Gasteiger partial charge is 0.307 e. The van der Waals surface area contributed by atoms with Crippen molar-refractivity contribution in [3.63, 3.8) is 0 Å². The Morgan fingerprint density at radius 2 is 1.55 bits per heavy atom. The van der Waals surface area contributed by atoms with Crippen molar-refractivity contribution in [2.45, 2.75) is 46.5 Å². The Kier molecular flexibility index (Phi) is 4.88. The van der Waals surface area contributed by atoms with Gasteiger partial charge in [0.25, 0.3) is 0 Å². The van der Waals surface area contributed by atoms with E-state index in [9.17, 15) is 9.59 Å². The van der Waals surface area contributed by atoms with Crippen LogP contribution in [0.5, 0.6) is 0 Å². The first-order chi connectivity index (χ1) is 9.12. The molecule has 0 radical (unpaired) electrons. The van der Waals surface area contributed by atoms with E-state index < -0.39 is 5.97 Å². The molecule has 0 amide bonds. The van der Waals surface area contributed by atoms with E-state index in [1.165, 1.54) is 12.5 Å². The summed E-state index contributed by atoms with van der Waals surface area (Å²) in [4.78, 5) is 22.4. The molecule has 0 aromatic heterocycles. The molecular weight excluding hydrogens is 252 g/mol. The number of allylic oxidation sites excluding steroid dienone is 1. The summed E-state index contributed by atoms with van der Waals surface area (Å²) in [7, 11) is 0. The predicted molar refractivity (Wildman–Crippen MR) is 80.7 cm³/mol. The van der Waals surface area contributed by atoms with Gasteiger partial charge in [-0.15, -0.1) is 0 Å². The highest BCUT2D eigenvalue weighted by Crippen LogP contribution is 2.26. The highest BCUT2D eigenvalue weighted by atomic mass is 16.4. The van der Waals surface area contributed by atoms with E-state index in [1.807, 2.05) is 24.3 Å². The topological polar surface area (TPSA) is 54.4 Å². The summed E-state index contributed by atoms with van der Waals surface area (Å²) < 4.78 is 0. The number of ketones is 1. The minimum absolute atomic E-state index is 0.0701. The maximum absolute atomic E-state index is 11.6. The lowest BCUT2D eigenvalue weighted by molar-refractivity contribution is -0.136. The molecule has 0 spiro atoms. The highest BCUT2D eigenvalue weighted by Gasteiger charge is 2.16. The van der Waals surface area contributed by atoms with Crippen molar-refractivity contribution in [1.82, 2.24) is 0 Å². The standard InChI is InChI=1S/C17H22O3/c1-11(15(12(2)18)10-16(19)20)13-6-8-14(9-7-13)17(3,4)5/h6-9H,10H2,1-5H3,(H,19,20)/b15-11+. The van der Waals surface area contributed by atoms with Gasteiger partial charge in [0.2, 0.25) is 0 Å². The zero-order valence-electron chi connectivity index (χ0n) is 12.8. The zero-order chi connectivity index (χ0) is 15.5. The van der Waals surface area contributed by atoms with E-state index in [2.05, 4.69) is 20.8 Å². The highest BCUT2D eigenvalue weighted by molar-refractivity contribution is 6.04. The van der Waals surface area contributed by atoms with Gasteiger partial charge in [0.1, 0.15) is 0 Å². The Balaban J connectivity index is 3.21. The van der Waals surface area contributed by atoms with Gasteiger partial charge in [-0.05, 0) is 36.0 Å². The molecule has 1 rings (SSSR count). The van der Waals surface area contributed by atoms with E-state index in [0.717, 1.165) is 11.1 Å². The number of rotatable bonds is 4. The molecule has 0 heterocycles. The summed E-state index contributed by atoms with van der Waals surface area (Å²) in [6.07, 6.45) is -0.234. The third-order valence-electron chi connectivity index (χ3n) is 3.39. The third-order valence-corrected chi connectivity index (χ3v) is 3.39. The zero-order valence-corrected chi connectivity index (χ0v) is 12.8. The van der Waals surface area contributed by atoms with Crippen molar-refractivity contribution in [3.8, 4) is 0 Å². The van der Waals surface area contributed by atoms with Crippen LogP contribution >= 0.6 is 0 Å². The lowest BCUT2D eigenvalue weighted by Crippen LogP contribution is -2.11. The van der Waals surface area contributed by atoms with Crippen LogP contribution < -0.4 is 0 Å². The molecule has 0 aliphatic heterocycles. The Morgan fingerprint density at radius 3 is 1.90 bits per heavy atom. The molecule has 0 atom stereocenters. The number of carboxylic acids is 1. The molecule has 0 bridgehead atoms. The lowest BCUT2D eigenvalue weighted by Gasteiger charge is -2.19. The van der Waals surface area contributed by atoms with Crippen LogP contribution in [-0.2, 0) is 15.0 Å². The first kappa shape index (κ1) is 16.2. The number of carbonyl (C=O) groups is 2. The van der Waals surface area contributed by atoms with Crippen LogP contribution in [0.15, 0.2) is 29.8 Å². The summed E-state index contributed by atoms with van der Waals surface area (Å²) in [6, 6.07) is 7.94. The van der Waals surface area contributed by atoms with Gasteiger partial charge in [0.05, 0.1) is 6.42 Å². The molecule has 3 nitrogen and oxygen atoms in total. The molecule has 1 N–H and O–H groups in total. The molecule has 0 unspecified atom stereocenters. The molecular formula is C17H22O3. The number of Topliss-reactive ketones (excluding diaryl/α,β-unsaturated/α-hetero) is 1. The van der Waals surface area contributed by atoms with Gasteiger partial charge in [-0.1, -0.05) is 45.0 Å². The molecule has 20 heavy (non-hydrogen) atoms. The Labute approximate surface area is 120 Å². The number of hydrogen-bond donors (Lipinski definition) is 1. The minimum atomic E-state index is -0.985. The van der Waals surface area contributed by atoms with E-state index in [1.54, 1.807) is 6.92 Å². The van der Waals surface area contributed by atoms with Gasteiger partial charge < -0.3 is 5.11 Å². The second-order valence-electron chi connectivity index (χ2n) is 6.06. The largest absolute Gasteiger partial charge is 0.481 e. The third kappa shape index (κ3) is 4.05. The average molecular weight is 274 g/mol. The van der Waals surface area contributed by atoms with Crippen LogP contribution in [0, 0.1) is 0 Å². The quantitative estimate of drug-likeness (QED) is 0.849. The molecule has 0 saturated heterocycles. The van der Waals surface area contributed by atoms with Crippen LogP contribution in [0.1, 0.15) is 52.2 Å². The Bertz CT molecular complexity index is 543. The summed E-state index contributed by atoms with van der Waals surface area (Å²) in [5.41, 5.74) is 3.27. The van der Waals surface area contributed by atoms with Crippen molar-refractivity contribution in [2.75, 3.05) is 0 Å². The van der Waals surface area contributed by atoms with Gasteiger partial charge in [0, 0.05) is 5.57 Å². The SMILES string of the molecule is CC(=O)/C(CC(=O)O)=C(\C)c1ccc(C(C)(C)C)cc1. The van der Waals surface area contributed by atoms with Gasteiger partial charge in [0.15, 0.2) is 5.78 Å². The van der Waals surface area contributed by atoms with E-state index in [4.69, 9.17) is 5.11 Å². The van der Waals surface area contributed by atoms with Crippen LogP contribution in [0.3, 0.4) is 0 Å². The number of carboxylic acid groups (broad SMARTS) is 1. The van der Waals surface area contributed by atoms with Crippen LogP contribution in [0.2, 0.25) is 0 Å². The summed E-state index contributed by atoms with van der Waals surface area (Å²) in [6.45, 7) is 9.61. The number of benzene rings is 1. The molecule has 3 heteroatoms. The van der Waals surface area contributed by atoms with Crippen LogP contribution in [-0.4, -0.2) is 16.9 Å². The summed E-state index contributed by atoms with van der Waals surface area (Å²) >= 11 is 0. The fourth-order valence-electron chi connectivity index (χ4n) is 2.07. The first-order valence-electron chi connectivity index (χ1n) is 6.66. The van der Waals surface area contributed by atoms with Crippen molar-refractivity contribution < 1.29 is 14.7 Å². The van der Waals surface area contributed by atoms with E-state index >= 15 is 0 Å². The van der Waals surface area contributed by atoms with Gasteiger partial charge in [-0.25, -0.2) is 0 Å². The Hall–Kier alpha value is -1.90. The second-order valence-corrected chi connectivity index (χ2v) is 6.06. The maximum Gasteiger partial charge on any atom is 0.307 e. The minimum Gasteiger partial charge on any atom is -0.481 e. The molecule has 0 aliphatic rings. The fourth-order valence-corrected chi connectivity index (χ4v) is 2.07. The molecule has 1 aromatic rings. The van der Waals surface area contributed by atoms with Crippen LogP contribution in [0.4, 0.5) is 0 Å². The monoisotopic (exact) mass is 274 g/mol. The van der Waals surface area contributed by atoms with Crippen molar-refractivity contribution in [1.29, 1.82) is 0 Å². The fraction of sp³-hybridized carbons (Fsp3) is 0.412. The number of aliphatic carboxylic acids is 1. The molecule has 1 aromatic carbocycles. The summed E-state index contributed by atoms with van der Waals surface area (Å²) in [5, 5.41) is 8.89. The van der Waals surface area contributed by atoms with Crippen LogP contribution in [0.25, 0.3) is 5.57 Å². The number of carbonyl (C=O) groups excluding carboxylic acids is 1. The Morgan fingerprint density at radius 1 is 1.05 bits per heavy atom. The van der Waals surface area contributed by atoms with Crippen molar-refractivity contribution in [2.24, 2.45) is 0 Å². The first-order valence-corrected chi connectivity index (χ1v) is 6.66. The van der Waals surface area contributed by atoms with Gasteiger partial charge in [-0.2, -0.15) is 0 Å². The average Bonchev–Trinajstić information content (AvgIpc) is 2.33. The van der Waals surface area contributed by atoms with E-state index in [-0.39, 0.29) is 17.6 Å². The normalized spacial score (nSPS) is 12.8. The molecule has 0 fully saturated rings. The maximum atomic E-state index is 11.6. The molecule has 0 saturated carbocycles.